The molecule has 0 spiro atoms. The van der Waals surface area contributed by atoms with Gasteiger partial charge in [-0.2, -0.15) is 0 Å². The molecule has 1 aliphatic rings. The predicted octanol–water partition coefficient (Wildman–Crippen LogP) is 3.66. The van der Waals surface area contributed by atoms with Crippen LogP contribution in [0.25, 0.3) is 11.1 Å². The first-order valence-electron chi connectivity index (χ1n) is 7.77. The number of esters is 1. The van der Waals surface area contributed by atoms with Gasteiger partial charge in [0.1, 0.15) is 6.61 Å². The van der Waals surface area contributed by atoms with Crippen molar-refractivity contribution in [1.29, 1.82) is 0 Å². The Morgan fingerprint density at radius 1 is 1.04 bits per heavy atom. The zero-order chi connectivity index (χ0) is 16.1. The van der Waals surface area contributed by atoms with E-state index in [2.05, 4.69) is 0 Å². The quantitative estimate of drug-likeness (QED) is 0.790. The van der Waals surface area contributed by atoms with Gasteiger partial charge in [0.15, 0.2) is 6.29 Å². The topological polar surface area (TPSA) is 44.8 Å². The van der Waals surface area contributed by atoms with Crippen molar-refractivity contribution in [3.8, 4) is 11.1 Å². The van der Waals surface area contributed by atoms with Gasteiger partial charge in [0.2, 0.25) is 0 Å². The third kappa shape index (κ3) is 3.97. The second-order valence-corrected chi connectivity index (χ2v) is 5.54. The summed E-state index contributed by atoms with van der Waals surface area (Å²) in [4.78, 5) is 12.1. The lowest BCUT2D eigenvalue weighted by Gasteiger charge is -2.12. The molecule has 0 aromatic heterocycles. The molecule has 0 amide bonds. The third-order valence-electron chi connectivity index (χ3n) is 3.96. The summed E-state index contributed by atoms with van der Waals surface area (Å²) in [7, 11) is 1.62. The molecule has 2 aromatic rings. The van der Waals surface area contributed by atoms with Gasteiger partial charge in [-0.1, -0.05) is 42.5 Å². The Hall–Kier alpha value is -2.17. The van der Waals surface area contributed by atoms with E-state index in [4.69, 9.17) is 14.2 Å². The number of carbonyl (C=O) groups is 1. The second kappa shape index (κ2) is 7.40. The fourth-order valence-electron chi connectivity index (χ4n) is 2.65. The zero-order valence-electron chi connectivity index (χ0n) is 13.1. The maximum atomic E-state index is 12.1. The van der Waals surface area contributed by atoms with Crippen molar-refractivity contribution < 1.29 is 19.0 Å². The SMILES string of the molecule is COC1CCC(COC(=O)c2ccc(-c3ccccc3)cc2)O1. The molecular weight excluding hydrogens is 292 g/mol. The summed E-state index contributed by atoms with van der Waals surface area (Å²) >= 11 is 0. The molecule has 0 aliphatic carbocycles. The van der Waals surface area contributed by atoms with Gasteiger partial charge in [-0.05, 0) is 29.7 Å². The fraction of sp³-hybridized carbons (Fsp3) is 0.316. The molecular formula is C19H20O4. The van der Waals surface area contributed by atoms with Gasteiger partial charge in [-0.3, -0.25) is 0 Å². The smallest absolute Gasteiger partial charge is 0.338 e. The first-order chi connectivity index (χ1) is 11.3. The van der Waals surface area contributed by atoms with Crippen LogP contribution in [0.5, 0.6) is 0 Å². The number of hydrogen-bond donors (Lipinski definition) is 0. The summed E-state index contributed by atoms with van der Waals surface area (Å²) in [6.07, 6.45) is 1.43. The molecule has 2 atom stereocenters. The Bertz CT molecular complexity index is 636. The molecule has 23 heavy (non-hydrogen) atoms. The Morgan fingerprint density at radius 3 is 2.39 bits per heavy atom. The van der Waals surface area contributed by atoms with E-state index in [1.54, 1.807) is 19.2 Å². The Balaban J connectivity index is 1.56. The van der Waals surface area contributed by atoms with E-state index in [1.807, 2.05) is 42.5 Å². The molecule has 1 aliphatic heterocycles. The van der Waals surface area contributed by atoms with Crippen molar-refractivity contribution in [2.24, 2.45) is 0 Å². The molecule has 0 radical (unpaired) electrons. The summed E-state index contributed by atoms with van der Waals surface area (Å²) in [5.74, 6) is -0.325. The van der Waals surface area contributed by atoms with Crippen molar-refractivity contribution in [2.45, 2.75) is 25.2 Å². The number of carbonyl (C=O) groups excluding carboxylic acids is 1. The first-order valence-corrected chi connectivity index (χ1v) is 7.77. The molecule has 120 valence electrons. The van der Waals surface area contributed by atoms with Crippen LogP contribution in [0, 0.1) is 0 Å². The monoisotopic (exact) mass is 312 g/mol. The first kappa shape index (κ1) is 15.7. The van der Waals surface area contributed by atoms with Crippen LogP contribution in [0.2, 0.25) is 0 Å². The lowest BCUT2D eigenvalue weighted by atomic mass is 10.0. The molecule has 2 aromatic carbocycles. The van der Waals surface area contributed by atoms with Gasteiger partial charge < -0.3 is 14.2 Å². The second-order valence-electron chi connectivity index (χ2n) is 5.54. The predicted molar refractivity (Wildman–Crippen MR) is 87.1 cm³/mol. The van der Waals surface area contributed by atoms with Crippen LogP contribution >= 0.6 is 0 Å². The molecule has 0 N–H and O–H groups in total. The normalized spacial score (nSPS) is 20.4. The van der Waals surface area contributed by atoms with E-state index in [0.29, 0.717) is 5.56 Å². The molecule has 4 heteroatoms. The van der Waals surface area contributed by atoms with E-state index >= 15 is 0 Å². The van der Waals surface area contributed by atoms with E-state index < -0.39 is 0 Å². The summed E-state index contributed by atoms with van der Waals surface area (Å²) < 4.78 is 16.0. The fourth-order valence-corrected chi connectivity index (χ4v) is 2.65. The average Bonchev–Trinajstić information content (AvgIpc) is 3.09. The number of hydrogen-bond acceptors (Lipinski definition) is 4. The minimum Gasteiger partial charge on any atom is -0.459 e. The molecule has 0 saturated carbocycles. The molecule has 1 fully saturated rings. The van der Waals surface area contributed by atoms with Gasteiger partial charge in [-0.25, -0.2) is 4.79 Å². The van der Waals surface area contributed by atoms with Crippen LogP contribution in [0.3, 0.4) is 0 Å². The van der Waals surface area contributed by atoms with Crippen LogP contribution < -0.4 is 0 Å². The van der Waals surface area contributed by atoms with Crippen LogP contribution in [0.4, 0.5) is 0 Å². The molecule has 2 unspecified atom stereocenters. The van der Waals surface area contributed by atoms with Crippen LogP contribution in [0.1, 0.15) is 23.2 Å². The average molecular weight is 312 g/mol. The highest BCUT2D eigenvalue weighted by molar-refractivity contribution is 5.90. The zero-order valence-corrected chi connectivity index (χ0v) is 13.1. The highest BCUT2D eigenvalue weighted by Gasteiger charge is 2.26. The van der Waals surface area contributed by atoms with Crippen molar-refractivity contribution in [3.63, 3.8) is 0 Å². The standard InChI is InChI=1S/C19H20O4/c1-21-18-12-11-17(23-18)13-22-19(20)16-9-7-15(8-10-16)14-5-3-2-4-6-14/h2-10,17-18H,11-13H2,1H3. The number of ether oxygens (including phenoxy) is 3. The summed E-state index contributed by atoms with van der Waals surface area (Å²) in [6.45, 7) is 0.263. The van der Waals surface area contributed by atoms with Crippen LogP contribution in [0.15, 0.2) is 54.6 Å². The van der Waals surface area contributed by atoms with E-state index in [1.165, 1.54) is 0 Å². The molecule has 0 bridgehead atoms. The summed E-state index contributed by atoms with van der Waals surface area (Å²) in [6, 6.07) is 17.5. The molecule has 1 saturated heterocycles. The van der Waals surface area contributed by atoms with Crippen molar-refractivity contribution in [3.05, 3.63) is 60.2 Å². The van der Waals surface area contributed by atoms with E-state index in [9.17, 15) is 4.79 Å². The van der Waals surface area contributed by atoms with Crippen molar-refractivity contribution >= 4 is 5.97 Å². The van der Waals surface area contributed by atoms with Gasteiger partial charge in [0.25, 0.3) is 0 Å². The van der Waals surface area contributed by atoms with Gasteiger partial charge in [-0.15, -0.1) is 0 Å². The largest absolute Gasteiger partial charge is 0.459 e. The minimum atomic E-state index is -0.325. The number of methoxy groups -OCH3 is 1. The van der Waals surface area contributed by atoms with Crippen LogP contribution in [-0.2, 0) is 14.2 Å². The lowest BCUT2D eigenvalue weighted by Crippen LogP contribution is -2.20. The van der Waals surface area contributed by atoms with E-state index in [-0.39, 0.29) is 25.0 Å². The Labute approximate surface area is 136 Å². The Kier molecular flexibility index (Phi) is 5.05. The van der Waals surface area contributed by atoms with Gasteiger partial charge >= 0.3 is 5.97 Å². The highest BCUT2D eigenvalue weighted by Crippen LogP contribution is 2.21. The van der Waals surface area contributed by atoms with Gasteiger partial charge in [0, 0.05) is 13.5 Å². The number of rotatable bonds is 5. The lowest BCUT2D eigenvalue weighted by molar-refractivity contribution is -0.123. The number of benzene rings is 2. The summed E-state index contributed by atoms with van der Waals surface area (Å²) in [5, 5.41) is 0. The van der Waals surface area contributed by atoms with Gasteiger partial charge in [0.05, 0.1) is 11.7 Å². The van der Waals surface area contributed by atoms with E-state index in [0.717, 1.165) is 24.0 Å². The molecule has 4 nitrogen and oxygen atoms in total. The van der Waals surface area contributed by atoms with Crippen molar-refractivity contribution in [1.82, 2.24) is 0 Å². The maximum Gasteiger partial charge on any atom is 0.338 e. The molecule has 3 rings (SSSR count). The highest BCUT2D eigenvalue weighted by atomic mass is 16.7. The minimum absolute atomic E-state index is 0.0764. The Morgan fingerprint density at radius 2 is 1.74 bits per heavy atom. The summed E-state index contributed by atoms with van der Waals surface area (Å²) in [5.41, 5.74) is 2.74. The third-order valence-corrected chi connectivity index (χ3v) is 3.96. The van der Waals surface area contributed by atoms with Crippen molar-refractivity contribution in [2.75, 3.05) is 13.7 Å². The molecule has 1 heterocycles. The maximum absolute atomic E-state index is 12.1. The van der Waals surface area contributed by atoms with Crippen LogP contribution in [-0.4, -0.2) is 32.1 Å².